The normalized spacial score (nSPS) is 17.7. The summed E-state index contributed by atoms with van der Waals surface area (Å²) in [6.45, 7) is 0. The number of carbonyl (C=O) groups is 1. The summed E-state index contributed by atoms with van der Waals surface area (Å²) in [5, 5.41) is 9.51. The Kier molecular flexibility index (Phi) is 3.73. The van der Waals surface area contributed by atoms with Crippen molar-refractivity contribution in [1.82, 2.24) is 0 Å². The summed E-state index contributed by atoms with van der Waals surface area (Å²) >= 11 is 0. The Morgan fingerprint density at radius 2 is 2.00 bits per heavy atom. The molecule has 19 heavy (non-hydrogen) atoms. The maximum atomic E-state index is 12.7. The van der Waals surface area contributed by atoms with Crippen LogP contribution in [0.15, 0.2) is 18.2 Å². The molecule has 0 atom stereocenters. The molecule has 1 aliphatic carbocycles. The van der Waals surface area contributed by atoms with Crippen LogP contribution in [-0.4, -0.2) is 18.2 Å². The summed E-state index contributed by atoms with van der Waals surface area (Å²) in [6, 6.07) is 3.99. The van der Waals surface area contributed by atoms with E-state index >= 15 is 0 Å². The minimum Gasteiger partial charge on any atom is -0.496 e. The highest BCUT2D eigenvalue weighted by Gasteiger charge is 2.44. The molecule has 1 aromatic carbocycles. The third-order valence-corrected chi connectivity index (χ3v) is 3.86. The molecule has 1 saturated carbocycles. The van der Waals surface area contributed by atoms with Gasteiger partial charge in [0.15, 0.2) is 0 Å². The van der Waals surface area contributed by atoms with Crippen LogP contribution in [0.5, 0.6) is 5.75 Å². The van der Waals surface area contributed by atoms with E-state index < -0.39 is 17.8 Å². The lowest BCUT2D eigenvalue weighted by Gasteiger charge is -2.26. The number of hydrogen-bond donors (Lipinski definition) is 1. The zero-order valence-electron chi connectivity index (χ0n) is 10.7. The minimum absolute atomic E-state index is 0.154. The van der Waals surface area contributed by atoms with Crippen LogP contribution in [0.3, 0.4) is 0 Å². The van der Waals surface area contributed by atoms with Gasteiger partial charge in [-0.05, 0) is 18.9 Å². The zero-order valence-corrected chi connectivity index (χ0v) is 10.7. The molecule has 0 spiro atoms. The fourth-order valence-corrected chi connectivity index (χ4v) is 2.82. The molecule has 2 rings (SSSR count). The number of aliphatic carboxylic acids is 1. The fourth-order valence-electron chi connectivity index (χ4n) is 2.82. The summed E-state index contributed by atoms with van der Waals surface area (Å²) in [4.78, 5) is 11.6. The van der Waals surface area contributed by atoms with Gasteiger partial charge in [0, 0.05) is 11.1 Å². The molecule has 5 heteroatoms. The average Bonchev–Trinajstić information content (AvgIpc) is 2.88. The average molecular weight is 270 g/mol. The topological polar surface area (TPSA) is 46.5 Å². The van der Waals surface area contributed by atoms with E-state index in [4.69, 9.17) is 4.74 Å². The number of rotatable bonds is 4. The van der Waals surface area contributed by atoms with Crippen molar-refractivity contribution in [3.8, 4) is 5.75 Å². The van der Waals surface area contributed by atoms with Crippen LogP contribution in [0, 0.1) is 0 Å². The van der Waals surface area contributed by atoms with Crippen LogP contribution in [-0.2, 0) is 10.2 Å². The number of halogens is 2. The quantitative estimate of drug-likeness (QED) is 0.910. The number of alkyl halides is 2. The lowest BCUT2D eigenvalue weighted by Crippen LogP contribution is -2.33. The molecular weight excluding hydrogens is 254 g/mol. The van der Waals surface area contributed by atoms with Crippen molar-refractivity contribution in [2.24, 2.45) is 0 Å². The molecule has 0 aliphatic heterocycles. The number of benzene rings is 1. The Balaban J connectivity index is 2.51. The van der Waals surface area contributed by atoms with Crippen LogP contribution in [0.1, 0.15) is 43.2 Å². The first kappa shape index (κ1) is 13.8. The van der Waals surface area contributed by atoms with Crippen LogP contribution < -0.4 is 4.74 Å². The van der Waals surface area contributed by atoms with Gasteiger partial charge in [0.1, 0.15) is 5.75 Å². The number of ether oxygens (including phenoxy) is 1. The molecule has 1 fully saturated rings. The predicted octanol–water partition coefficient (Wildman–Crippen LogP) is 3.53. The van der Waals surface area contributed by atoms with Crippen LogP contribution >= 0.6 is 0 Å². The molecule has 104 valence electrons. The summed E-state index contributed by atoms with van der Waals surface area (Å²) < 4.78 is 30.5. The van der Waals surface area contributed by atoms with Gasteiger partial charge in [-0.1, -0.05) is 25.0 Å². The summed E-state index contributed by atoms with van der Waals surface area (Å²) in [7, 11) is 1.37. The Bertz CT molecular complexity index is 480. The molecule has 1 N–H and O–H groups in total. The molecule has 0 radical (unpaired) electrons. The van der Waals surface area contributed by atoms with Crippen molar-refractivity contribution in [2.45, 2.75) is 37.5 Å². The lowest BCUT2D eigenvalue weighted by atomic mass is 9.78. The second-order valence-corrected chi connectivity index (χ2v) is 4.85. The first-order valence-corrected chi connectivity index (χ1v) is 6.21. The highest BCUT2D eigenvalue weighted by molar-refractivity contribution is 5.83. The van der Waals surface area contributed by atoms with Gasteiger partial charge in [-0.15, -0.1) is 0 Å². The fraction of sp³-hybridized carbons (Fsp3) is 0.500. The first-order chi connectivity index (χ1) is 9.01. The minimum atomic E-state index is -2.59. The van der Waals surface area contributed by atoms with E-state index in [1.807, 2.05) is 0 Å². The van der Waals surface area contributed by atoms with Gasteiger partial charge in [-0.3, -0.25) is 4.79 Å². The molecule has 0 bridgehead atoms. The summed E-state index contributed by atoms with van der Waals surface area (Å²) in [5.74, 6) is -0.671. The summed E-state index contributed by atoms with van der Waals surface area (Å²) in [5.41, 5.74) is -0.644. The van der Waals surface area contributed by atoms with E-state index in [9.17, 15) is 18.7 Å². The number of carboxylic acids is 1. The molecule has 3 nitrogen and oxygen atoms in total. The predicted molar refractivity (Wildman–Crippen MR) is 65.7 cm³/mol. The van der Waals surface area contributed by atoms with E-state index in [-0.39, 0.29) is 11.3 Å². The Labute approximate surface area is 110 Å². The molecule has 0 unspecified atom stereocenters. The first-order valence-electron chi connectivity index (χ1n) is 6.21. The van der Waals surface area contributed by atoms with Gasteiger partial charge >= 0.3 is 5.97 Å². The third kappa shape index (κ3) is 2.29. The maximum Gasteiger partial charge on any atom is 0.314 e. The monoisotopic (exact) mass is 270 g/mol. The smallest absolute Gasteiger partial charge is 0.314 e. The zero-order chi connectivity index (χ0) is 14.0. The van der Waals surface area contributed by atoms with Gasteiger partial charge in [0.2, 0.25) is 0 Å². The molecule has 0 heterocycles. The van der Waals surface area contributed by atoms with E-state index in [2.05, 4.69) is 0 Å². The molecule has 0 amide bonds. The van der Waals surface area contributed by atoms with Crippen LogP contribution in [0.2, 0.25) is 0 Å². The second-order valence-electron chi connectivity index (χ2n) is 4.85. The van der Waals surface area contributed by atoms with E-state index in [1.54, 1.807) is 0 Å². The Morgan fingerprint density at radius 1 is 1.37 bits per heavy atom. The van der Waals surface area contributed by atoms with Gasteiger partial charge < -0.3 is 9.84 Å². The van der Waals surface area contributed by atoms with Gasteiger partial charge in [0.25, 0.3) is 6.43 Å². The second kappa shape index (κ2) is 5.15. The number of methoxy groups -OCH3 is 1. The van der Waals surface area contributed by atoms with Crippen LogP contribution in [0.25, 0.3) is 0 Å². The van der Waals surface area contributed by atoms with Gasteiger partial charge in [0.05, 0.1) is 12.5 Å². The molecule has 1 aromatic rings. The molecule has 1 aliphatic rings. The van der Waals surface area contributed by atoms with Crippen molar-refractivity contribution in [2.75, 3.05) is 7.11 Å². The van der Waals surface area contributed by atoms with E-state index in [0.717, 1.165) is 12.8 Å². The third-order valence-electron chi connectivity index (χ3n) is 3.86. The number of carboxylic acid groups (broad SMARTS) is 1. The summed E-state index contributed by atoms with van der Waals surface area (Å²) in [6.07, 6.45) is 0.102. The van der Waals surface area contributed by atoms with Gasteiger partial charge in [-0.25, -0.2) is 8.78 Å². The van der Waals surface area contributed by atoms with Gasteiger partial charge in [-0.2, -0.15) is 0 Å². The largest absolute Gasteiger partial charge is 0.496 e. The Morgan fingerprint density at radius 3 is 2.47 bits per heavy atom. The highest BCUT2D eigenvalue weighted by Crippen LogP contribution is 2.45. The van der Waals surface area contributed by atoms with Crippen LogP contribution in [0.4, 0.5) is 8.78 Å². The molecule has 0 saturated heterocycles. The molecular formula is C14H16F2O3. The SMILES string of the molecule is COc1cc(C(F)F)ccc1C1(C(=O)O)CCCC1. The van der Waals surface area contributed by atoms with Crippen molar-refractivity contribution >= 4 is 5.97 Å². The highest BCUT2D eigenvalue weighted by atomic mass is 19.3. The van der Waals surface area contributed by atoms with Crippen molar-refractivity contribution in [1.29, 1.82) is 0 Å². The maximum absolute atomic E-state index is 12.7. The lowest BCUT2D eigenvalue weighted by molar-refractivity contribution is -0.143. The Hall–Kier alpha value is -1.65. The van der Waals surface area contributed by atoms with Crippen molar-refractivity contribution in [3.63, 3.8) is 0 Å². The number of hydrogen-bond acceptors (Lipinski definition) is 2. The molecule has 0 aromatic heterocycles. The van der Waals surface area contributed by atoms with Crippen molar-refractivity contribution in [3.05, 3.63) is 29.3 Å². The van der Waals surface area contributed by atoms with Crippen molar-refractivity contribution < 1.29 is 23.4 Å². The van der Waals surface area contributed by atoms with E-state index in [1.165, 1.54) is 25.3 Å². The standard InChI is InChI=1S/C14H16F2O3/c1-19-11-8-9(12(15)16)4-5-10(11)14(13(17)18)6-2-3-7-14/h4-5,8,12H,2-3,6-7H2,1H3,(H,17,18). The van der Waals surface area contributed by atoms with E-state index in [0.29, 0.717) is 18.4 Å².